The Bertz CT molecular complexity index is 3370. The molecule has 0 aliphatic carbocycles. The van der Waals surface area contributed by atoms with Gasteiger partial charge in [0.2, 0.25) is 5.95 Å². The average Bonchev–Trinajstić information content (AvgIpc) is 3.92. The van der Waals surface area contributed by atoms with Crippen molar-refractivity contribution in [2.45, 2.75) is 26.7 Å². The van der Waals surface area contributed by atoms with E-state index in [0.29, 0.717) is 12.4 Å². The number of rotatable bonds is 9. The van der Waals surface area contributed by atoms with E-state index in [2.05, 4.69) is 144 Å². The number of terminal acetylenes is 1. The molecule has 5 aromatic carbocycles. The molecule has 0 saturated carbocycles. The van der Waals surface area contributed by atoms with Crippen LogP contribution in [-0.2, 0) is 6.42 Å². The number of aryl methyl sites for hydroxylation is 1. The molecule has 10 aromatic rings. The highest BCUT2D eigenvalue weighted by Crippen LogP contribution is 2.41. The van der Waals surface area contributed by atoms with Gasteiger partial charge in [0.1, 0.15) is 17.0 Å². The van der Waals surface area contributed by atoms with Crippen molar-refractivity contribution in [3.05, 3.63) is 181 Å². The lowest BCUT2D eigenvalue weighted by atomic mass is 10.0. The summed E-state index contributed by atoms with van der Waals surface area (Å²) < 4.78 is 10.6. The number of furan rings is 1. The minimum atomic E-state index is 0.630. The quantitative estimate of drug-likeness (QED) is 0.109. The number of hydrogen-bond acceptors (Lipinski definition) is 4. The molecule has 282 valence electrons. The first kappa shape index (κ1) is 35.6. The van der Waals surface area contributed by atoms with Crippen LogP contribution in [0.3, 0.4) is 0 Å². The van der Waals surface area contributed by atoms with Crippen LogP contribution >= 0.6 is 0 Å². The summed E-state index contributed by atoms with van der Waals surface area (Å²) in [6.45, 7) is 4.31. The molecule has 6 heteroatoms. The zero-order chi connectivity index (χ0) is 39.9. The van der Waals surface area contributed by atoms with Crippen molar-refractivity contribution in [2.75, 3.05) is 0 Å². The summed E-state index contributed by atoms with van der Waals surface area (Å²) in [6.07, 6.45) is 19.8. The average molecular weight is 762 g/mol. The van der Waals surface area contributed by atoms with Gasteiger partial charge < -0.3 is 4.42 Å². The molecule has 0 unspecified atom stereocenters. The van der Waals surface area contributed by atoms with Crippen LogP contribution in [0, 0.1) is 19.3 Å². The predicted molar refractivity (Wildman–Crippen MR) is 244 cm³/mol. The minimum absolute atomic E-state index is 0.630. The SMILES string of the molecule is C#C/C=C\c1c(C)c2c3c4ccccc4n(-c4nc(C/C=C\C=C/CC)cc(-c5ccccc5)n4)c3ccc2n1-c1cccc(-c2ccc3oc4ccccc4c3c2)n1. The number of fused-ring (bicyclic) bond motifs is 8. The van der Waals surface area contributed by atoms with Gasteiger partial charge in [-0.1, -0.05) is 110 Å². The maximum atomic E-state index is 6.13. The monoisotopic (exact) mass is 761 g/mol. The van der Waals surface area contributed by atoms with Crippen molar-refractivity contribution < 1.29 is 4.42 Å². The Labute approximate surface area is 342 Å². The van der Waals surface area contributed by atoms with Gasteiger partial charge in [-0.2, -0.15) is 0 Å². The second-order valence-electron chi connectivity index (χ2n) is 14.6. The van der Waals surface area contributed by atoms with Gasteiger partial charge in [0.05, 0.1) is 39.3 Å². The third kappa shape index (κ3) is 6.21. The van der Waals surface area contributed by atoms with E-state index < -0.39 is 0 Å². The van der Waals surface area contributed by atoms with E-state index in [9.17, 15) is 0 Å². The highest BCUT2D eigenvalue weighted by Gasteiger charge is 2.23. The Morgan fingerprint density at radius 2 is 1.39 bits per heavy atom. The first-order chi connectivity index (χ1) is 29.1. The van der Waals surface area contributed by atoms with Crippen molar-refractivity contribution in [1.29, 1.82) is 0 Å². The molecule has 59 heavy (non-hydrogen) atoms. The third-order valence-electron chi connectivity index (χ3n) is 11.0. The van der Waals surface area contributed by atoms with Crippen molar-refractivity contribution in [3.8, 4) is 46.6 Å². The van der Waals surface area contributed by atoms with E-state index >= 15 is 0 Å². The molecule has 0 atom stereocenters. The Kier molecular flexibility index (Phi) is 9.04. The van der Waals surface area contributed by atoms with E-state index in [-0.39, 0.29) is 0 Å². The highest BCUT2D eigenvalue weighted by atomic mass is 16.3. The maximum absolute atomic E-state index is 6.13. The lowest BCUT2D eigenvalue weighted by Gasteiger charge is -2.12. The van der Waals surface area contributed by atoms with E-state index in [0.717, 1.165) is 106 Å². The van der Waals surface area contributed by atoms with Crippen LogP contribution in [0.25, 0.3) is 95.0 Å². The summed E-state index contributed by atoms with van der Waals surface area (Å²) in [7, 11) is 0. The summed E-state index contributed by atoms with van der Waals surface area (Å²) in [5, 5.41) is 5.51. The third-order valence-corrected chi connectivity index (χ3v) is 11.0. The Morgan fingerprint density at radius 1 is 0.627 bits per heavy atom. The van der Waals surface area contributed by atoms with Gasteiger partial charge in [0.15, 0.2) is 0 Å². The molecule has 0 saturated heterocycles. The summed E-state index contributed by atoms with van der Waals surface area (Å²) in [4.78, 5) is 15.8. The molecule has 0 fully saturated rings. The second-order valence-corrected chi connectivity index (χ2v) is 14.6. The van der Waals surface area contributed by atoms with Crippen molar-refractivity contribution >= 4 is 60.7 Å². The first-order valence-corrected chi connectivity index (χ1v) is 20.0. The minimum Gasteiger partial charge on any atom is -0.456 e. The van der Waals surface area contributed by atoms with Gasteiger partial charge >= 0.3 is 0 Å². The molecule has 0 aliphatic heterocycles. The van der Waals surface area contributed by atoms with Crippen LogP contribution in [0.15, 0.2) is 168 Å². The number of allylic oxidation sites excluding steroid dienone is 5. The normalized spacial score (nSPS) is 12.2. The summed E-state index contributed by atoms with van der Waals surface area (Å²) in [5.41, 5.74) is 11.6. The van der Waals surface area contributed by atoms with Gasteiger partial charge in [-0.15, -0.1) is 6.42 Å². The molecule has 0 radical (unpaired) electrons. The number of hydrogen-bond donors (Lipinski definition) is 0. The number of pyridine rings is 1. The van der Waals surface area contributed by atoms with Crippen molar-refractivity contribution in [2.24, 2.45) is 0 Å². The van der Waals surface area contributed by atoms with Crippen LogP contribution in [0.1, 0.15) is 30.3 Å². The molecule has 5 aromatic heterocycles. The number of para-hydroxylation sites is 2. The van der Waals surface area contributed by atoms with E-state index in [1.165, 1.54) is 0 Å². The molecular formula is C53H39N5O. The zero-order valence-electron chi connectivity index (χ0n) is 32.8. The molecule has 0 bridgehead atoms. The molecular weight excluding hydrogens is 723 g/mol. The van der Waals surface area contributed by atoms with Crippen LogP contribution in [0.2, 0.25) is 0 Å². The van der Waals surface area contributed by atoms with E-state index in [1.807, 2.05) is 48.5 Å². The zero-order valence-corrected chi connectivity index (χ0v) is 32.8. The van der Waals surface area contributed by atoms with Crippen LogP contribution in [-0.4, -0.2) is 24.1 Å². The lowest BCUT2D eigenvalue weighted by Crippen LogP contribution is -2.05. The van der Waals surface area contributed by atoms with Gasteiger partial charge in [-0.25, -0.2) is 15.0 Å². The molecule has 0 N–H and O–H groups in total. The van der Waals surface area contributed by atoms with Crippen LogP contribution < -0.4 is 0 Å². The summed E-state index contributed by atoms with van der Waals surface area (Å²) >= 11 is 0. The molecule has 5 heterocycles. The lowest BCUT2D eigenvalue weighted by molar-refractivity contribution is 0.669. The van der Waals surface area contributed by atoms with Gasteiger partial charge in [-0.3, -0.25) is 9.13 Å². The molecule has 6 nitrogen and oxygen atoms in total. The van der Waals surface area contributed by atoms with E-state index in [1.54, 1.807) is 6.08 Å². The smallest absolute Gasteiger partial charge is 0.235 e. The fourth-order valence-electron chi connectivity index (χ4n) is 8.35. The van der Waals surface area contributed by atoms with Crippen molar-refractivity contribution in [1.82, 2.24) is 24.1 Å². The van der Waals surface area contributed by atoms with E-state index in [4.69, 9.17) is 25.8 Å². The highest BCUT2D eigenvalue weighted by molar-refractivity contribution is 6.22. The summed E-state index contributed by atoms with van der Waals surface area (Å²) in [5.74, 6) is 4.15. The van der Waals surface area contributed by atoms with Gasteiger partial charge in [0, 0.05) is 44.5 Å². The molecule has 10 rings (SSSR count). The topological polar surface area (TPSA) is 61.7 Å². The molecule has 0 amide bonds. The standard InChI is InChI=1S/C53H39N5O/c1-4-6-8-9-13-21-38-34-43(36-19-11-10-12-20-36)56-53(54-38)58-45-26-16-14-23-40(45)52-47(58)31-30-46-51(52)35(3)44(25-7-5-2)57(46)50-28-18-24-42(55-50)37-29-32-49-41(33-37)39-22-15-17-27-48(39)59-49/h2,6-20,22-34H,4,21H2,1,3H3/b8-6-,13-9-,25-7-. The maximum Gasteiger partial charge on any atom is 0.235 e. The fraction of sp³-hybridized carbons (Fsp3) is 0.0755. The molecule has 0 spiro atoms. The number of benzene rings is 5. The van der Waals surface area contributed by atoms with Gasteiger partial charge in [0.25, 0.3) is 0 Å². The predicted octanol–water partition coefficient (Wildman–Crippen LogP) is 13.2. The van der Waals surface area contributed by atoms with Gasteiger partial charge in [-0.05, 0) is 91.7 Å². The fourth-order valence-corrected chi connectivity index (χ4v) is 8.35. The Morgan fingerprint density at radius 3 is 2.24 bits per heavy atom. The van der Waals surface area contributed by atoms with Crippen LogP contribution in [0.5, 0.6) is 0 Å². The largest absolute Gasteiger partial charge is 0.456 e. The van der Waals surface area contributed by atoms with Crippen molar-refractivity contribution in [3.63, 3.8) is 0 Å². The summed E-state index contributed by atoms with van der Waals surface area (Å²) in [6, 6.07) is 46.0. The Balaban J connectivity index is 1.18. The Hall–Kier alpha value is -7.75. The molecule has 0 aliphatic rings. The number of aromatic nitrogens is 5. The van der Waals surface area contributed by atoms with Crippen LogP contribution in [0.4, 0.5) is 0 Å². The number of nitrogens with zero attached hydrogens (tertiary/aromatic N) is 5. The second kappa shape index (κ2) is 15.0. The first-order valence-electron chi connectivity index (χ1n) is 20.0.